The summed E-state index contributed by atoms with van der Waals surface area (Å²) in [6.45, 7) is 6.27. The number of hydrogen-bond acceptors (Lipinski definition) is 2. The molecule has 1 heterocycles. The van der Waals surface area contributed by atoms with Crippen LogP contribution in [0.5, 0.6) is 0 Å². The van der Waals surface area contributed by atoms with E-state index in [4.69, 9.17) is 22.3 Å². The fourth-order valence-corrected chi connectivity index (χ4v) is 2.67. The van der Waals surface area contributed by atoms with Gasteiger partial charge in [0.2, 0.25) is 0 Å². The van der Waals surface area contributed by atoms with Gasteiger partial charge in [-0.2, -0.15) is 0 Å². The number of rotatable bonds is 2. The first-order chi connectivity index (χ1) is 9.97. The summed E-state index contributed by atoms with van der Waals surface area (Å²) in [4.78, 5) is 4.74. The molecule has 108 valence electrons. The van der Waals surface area contributed by atoms with Crippen molar-refractivity contribution in [2.75, 3.05) is 5.73 Å². The topological polar surface area (TPSA) is 43.8 Å². The Balaban J connectivity index is 2.33. The molecule has 0 saturated heterocycles. The molecule has 4 heteroatoms. The number of nitrogens with zero attached hydrogens (tertiary/aromatic N) is 2. The minimum Gasteiger partial charge on any atom is -0.399 e. The number of hydrogen-bond donors (Lipinski definition) is 1. The predicted molar refractivity (Wildman–Crippen MR) is 89.3 cm³/mol. The van der Waals surface area contributed by atoms with Crippen molar-refractivity contribution in [3.05, 3.63) is 52.8 Å². The average molecular weight is 300 g/mol. The van der Waals surface area contributed by atoms with Gasteiger partial charge in [0.05, 0.1) is 11.0 Å². The van der Waals surface area contributed by atoms with Gasteiger partial charge in [-0.25, -0.2) is 4.98 Å². The second-order valence-electron chi connectivity index (χ2n) is 5.64. The second kappa shape index (κ2) is 5.08. The van der Waals surface area contributed by atoms with Crippen molar-refractivity contribution in [3.63, 3.8) is 0 Å². The quantitative estimate of drug-likeness (QED) is 0.697. The first-order valence-electron chi connectivity index (χ1n) is 7.02. The molecule has 0 aliphatic heterocycles. The molecule has 0 amide bonds. The Morgan fingerprint density at radius 3 is 2.57 bits per heavy atom. The smallest absolute Gasteiger partial charge is 0.117 e. The number of benzene rings is 2. The van der Waals surface area contributed by atoms with Crippen molar-refractivity contribution in [1.82, 2.24) is 9.55 Å². The molecule has 1 aromatic heterocycles. The molecule has 0 aliphatic carbocycles. The predicted octanol–water partition coefficient (Wildman–Crippen LogP) is 4.69. The van der Waals surface area contributed by atoms with Gasteiger partial charge >= 0.3 is 0 Å². The summed E-state index contributed by atoms with van der Waals surface area (Å²) in [5.41, 5.74) is 10.7. The van der Waals surface area contributed by atoms with Crippen LogP contribution < -0.4 is 5.73 Å². The van der Waals surface area contributed by atoms with Gasteiger partial charge in [0.25, 0.3) is 0 Å². The number of aryl methyl sites for hydroxylation is 1. The molecule has 0 radical (unpaired) electrons. The number of imidazole rings is 1. The van der Waals surface area contributed by atoms with Crippen LogP contribution in [-0.4, -0.2) is 9.55 Å². The second-order valence-corrected chi connectivity index (χ2v) is 6.05. The van der Waals surface area contributed by atoms with Crippen LogP contribution in [0.25, 0.3) is 16.7 Å². The molecular weight excluding hydrogens is 282 g/mol. The summed E-state index contributed by atoms with van der Waals surface area (Å²) in [7, 11) is 0. The van der Waals surface area contributed by atoms with Gasteiger partial charge in [0.15, 0.2) is 0 Å². The highest BCUT2D eigenvalue weighted by Crippen LogP contribution is 2.29. The Kier molecular flexibility index (Phi) is 3.38. The van der Waals surface area contributed by atoms with Gasteiger partial charge in [0.1, 0.15) is 5.82 Å². The maximum absolute atomic E-state index is 6.29. The zero-order chi connectivity index (χ0) is 15.1. The maximum Gasteiger partial charge on any atom is 0.117 e. The van der Waals surface area contributed by atoms with Crippen LogP contribution in [0, 0.1) is 6.92 Å². The normalized spacial score (nSPS) is 11.5. The van der Waals surface area contributed by atoms with Gasteiger partial charge in [-0.1, -0.05) is 31.5 Å². The molecule has 0 fully saturated rings. The first kappa shape index (κ1) is 14.0. The molecule has 2 aromatic carbocycles. The van der Waals surface area contributed by atoms with Gasteiger partial charge in [-0.15, -0.1) is 0 Å². The summed E-state index contributed by atoms with van der Waals surface area (Å²) in [5, 5.41) is 0.763. The fraction of sp³-hybridized carbons (Fsp3) is 0.235. The summed E-state index contributed by atoms with van der Waals surface area (Å²) >= 11 is 6.29. The third-order valence-corrected chi connectivity index (χ3v) is 4.04. The standard InChI is InChI=1S/C17H18ClN3/c1-10(2)17-20-15-8-12(19)5-7-16(15)21(17)13-6-4-11(3)14(18)9-13/h4-10H,19H2,1-3H3. The van der Waals surface area contributed by atoms with Gasteiger partial charge in [-0.05, 0) is 42.8 Å². The third-order valence-electron chi connectivity index (χ3n) is 3.63. The third kappa shape index (κ3) is 2.38. The Bertz CT molecular complexity index is 818. The first-order valence-corrected chi connectivity index (χ1v) is 7.39. The Labute approximate surface area is 129 Å². The highest BCUT2D eigenvalue weighted by molar-refractivity contribution is 6.31. The Morgan fingerprint density at radius 1 is 1.14 bits per heavy atom. The summed E-state index contributed by atoms with van der Waals surface area (Å²) in [6, 6.07) is 11.9. The van der Waals surface area contributed by atoms with Crippen LogP contribution in [-0.2, 0) is 0 Å². The highest BCUT2D eigenvalue weighted by Gasteiger charge is 2.15. The van der Waals surface area contributed by atoms with E-state index in [1.54, 1.807) is 0 Å². The van der Waals surface area contributed by atoms with E-state index in [9.17, 15) is 0 Å². The van der Waals surface area contributed by atoms with Gasteiger partial charge < -0.3 is 5.73 Å². The largest absolute Gasteiger partial charge is 0.399 e. The number of nitrogens with two attached hydrogens (primary N) is 1. The number of fused-ring (bicyclic) bond motifs is 1. The van der Waals surface area contributed by atoms with Crippen LogP contribution in [0.3, 0.4) is 0 Å². The van der Waals surface area contributed by atoms with Crippen LogP contribution in [0.4, 0.5) is 5.69 Å². The van der Waals surface area contributed by atoms with Crippen LogP contribution in [0.15, 0.2) is 36.4 Å². The van der Waals surface area contributed by atoms with Crippen LogP contribution >= 0.6 is 11.6 Å². The molecular formula is C17H18ClN3. The molecule has 2 N–H and O–H groups in total. The zero-order valence-electron chi connectivity index (χ0n) is 12.4. The lowest BCUT2D eigenvalue weighted by molar-refractivity contribution is 0.760. The molecule has 0 aliphatic rings. The minimum atomic E-state index is 0.304. The van der Waals surface area contributed by atoms with Crippen molar-refractivity contribution >= 4 is 28.3 Å². The van der Waals surface area contributed by atoms with Crippen molar-refractivity contribution < 1.29 is 0 Å². The monoisotopic (exact) mass is 299 g/mol. The molecule has 0 atom stereocenters. The maximum atomic E-state index is 6.29. The minimum absolute atomic E-state index is 0.304. The van der Waals surface area contributed by atoms with Gasteiger partial charge in [-0.3, -0.25) is 4.57 Å². The molecule has 0 saturated carbocycles. The van der Waals surface area contributed by atoms with E-state index >= 15 is 0 Å². The molecule has 0 unspecified atom stereocenters. The van der Waals surface area contributed by atoms with Crippen molar-refractivity contribution in [2.24, 2.45) is 0 Å². The van der Waals surface area contributed by atoms with Crippen molar-refractivity contribution in [1.29, 1.82) is 0 Å². The van der Waals surface area contributed by atoms with Gasteiger partial charge in [0, 0.05) is 22.3 Å². The van der Waals surface area contributed by atoms with Crippen molar-refractivity contribution in [2.45, 2.75) is 26.7 Å². The number of anilines is 1. The lowest BCUT2D eigenvalue weighted by Gasteiger charge is -2.12. The fourth-order valence-electron chi connectivity index (χ4n) is 2.50. The summed E-state index contributed by atoms with van der Waals surface area (Å²) < 4.78 is 2.16. The number of nitrogen functional groups attached to an aromatic ring is 1. The van der Waals surface area contributed by atoms with E-state index in [1.807, 2.05) is 37.3 Å². The Morgan fingerprint density at radius 2 is 1.90 bits per heavy atom. The lowest BCUT2D eigenvalue weighted by atomic mass is 10.2. The SMILES string of the molecule is Cc1ccc(-n2c(C(C)C)nc3cc(N)ccc32)cc1Cl. The van der Waals surface area contributed by atoms with E-state index in [0.29, 0.717) is 5.92 Å². The molecule has 3 nitrogen and oxygen atoms in total. The van der Waals surface area contributed by atoms with Crippen molar-refractivity contribution in [3.8, 4) is 5.69 Å². The van der Waals surface area contributed by atoms with E-state index in [-0.39, 0.29) is 0 Å². The number of aromatic nitrogens is 2. The molecule has 0 spiro atoms. The lowest BCUT2D eigenvalue weighted by Crippen LogP contribution is -2.03. The molecule has 3 rings (SSSR count). The van der Waals surface area contributed by atoms with Crippen LogP contribution in [0.2, 0.25) is 5.02 Å². The summed E-state index contributed by atoms with van der Waals surface area (Å²) in [5.74, 6) is 1.31. The Hall–Kier alpha value is -2.00. The van der Waals surface area contributed by atoms with Crippen LogP contribution in [0.1, 0.15) is 31.2 Å². The summed E-state index contributed by atoms with van der Waals surface area (Å²) in [6.07, 6.45) is 0. The molecule has 3 aromatic rings. The van der Waals surface area contributed by atoms with E-state index in [1.165, 1.54) is 0 Å². The number of halogens is 1. The van der Waals surface area contributed by atoms with E-state index < -0.39 is 0 Å². The molecule has 0 bridgehead atoms. The highest BCUT2D eigenvalue weighted by atomic mass is 35.5. The molecule has 21 heavy (non-hydrogen) atoms. The zero-order valence-corrected chi connectivity index (χ0v) is 13.1. The van der Waals surface area contributed by atoms with E-state index in [2.05, 4.69) is 24.5 Å². The van der Waals surface area contributed by atoms with E-state index in [0.717, 1.165) is 38.8 Å². The average Bonchev–Trinajstić information content (AvgIpc) is 2.80.